The van der Waals surface area contributed by atoms with E-state index in [1.165, 1.54) is 29.2 Å². The summed E-state index contributed by atoms with van der Waals surface area (Å²) in [5.74, 6) is 0. The molecule has 0 aliphatic rings. The molecule has 2 aromatic rings. The molecule has 0 fully saturated rings. The van der Waals surface area contributed by atoms with Gasteiger partial charge in [-0.25, -0.2) is 4.68 Å². The molecule has 94 valence electrons. The normalized spacial score (nSPS) is 12.4. The topological polar surface area (TPSA) is 81.2 Å². The Kier molecular flexibility index (Phi) is 3.31. The van der Waals surface area contributed by atoms with Crippen LogP contribution in [0.15, 0.2) is 30.6 Å². The molecule has 0 amide bonds. The van der Waals surface area contributed by atoms with Crippen LogP contribution in [0.1, 0.15) is 18.6 Å². The summed E-state index contributed by atoms with van der Waals surface area (Å²) >= 11 is 5.73. The van der Waals surface area contributed by atoms with Crippen LogP contribution in [0.25, 0.3) is 5.69 Å². The highest BCUT2D eigenvalue weighted by molar-refractivity contribution is 6.30. The molecule has 18 heavy (non-hydrogen) atoms. The van der Waals surface area contributed by atoms with Gasteiger partial charge >= 0.3 is 0 Å². The number of halogens is 1. The number of aliphatic hydroxyl groups is 1. The number of aliphatic hydroxyl groups excluding tert-OH is 1. The summed E-state index contributed by atoms with van der Waals surface area (Å²) in [6.07, 6.45) is 2.11. The van der Waals surface area contributed by atoms with Crippen molar-refractivity contribution in [1.29, 1.82) is 0 Å². The van der Waals surface area contributed by atoms with Gasteiger partial charge in [-0.1, -0.05) is 17.7 Å². The van der Waals surface area contributed by atoms with Gasteiger partial charge in [0, 0.05) is 12.3 Å². The lowest BCUT2D eigenvalue weighted by Crippen LogP contribution is -2.02. The Morgan fingerprint density at radius 1 is 1.56 bits per heavy atom. The monoisotopic (exact) mass is 267 g/mol. The average molecular weight is 268 g/mol. The molecule has 1 aromatic heterocycles. The molecule has 0 aliphatic carbocycles. The first-order chi connectivity index (χ1) is 8.49. The maximum Gasteiger partial charge on any atom is 0.295 e. The molecule has 1 N–H and O–H groups in total. The molecule has 7 heteroatoms. The van der Waals surface area contributed by atoms with E-state index in [0.29, 0.717) is 16.3 Å². The lowest BCUT2D eigenvalue weighted by Gasteiger charge is -2.07. The smallest absolute Gasteiger partial charge is 0.295 e. The van der Waals surface area contributed by atoms with Gasteiger partial charge in [0.15, 0.2) is 0 Å². The molecule has 2 rings (SSSR count). The van der Waals surface area contributed by atoms with E-state index in [2.05, 4.69) is 5.10 Å². The zero-order chi connectivity index (χ0) is 13.3. The van der Waals surface area contributed by atoms with E-state index in [0.717, 1.165) is 0 Å². The van der Waals surface area contributed by atoms with Gasteiger partial charge in [-0.2, -0.15) is 5.10 Å². The minimum Gasteiger partial charge on any atom is -0.389 e. The summed E-state index contributed by atoms with van der Waals surface area (Å²) in [5, 5.41) is 24.8. The third-order valence-electron chi connectivity index (χ3n) is 2.48. The van der Waals surface area contributed by atoms with E-state index in [-0.39, 0.29) is 5.69 Å². The van der Waals surface area contributed by atoms with Gasteiger partial charge in [-0.15, -0.1) is 0 Å². The molecule has 0 radical (unpaired) electrons. The number of nitro benzene ring substituents is 1. The van der Waals surface area contributed by atoms with Crippen molar-refractivity contribution in [2.24, 2.45) is 0 Å². The van der Waals surface area contributed by atoms with Gasteiger partial charge in [-0.3, -0.25) is 10.1 Å². The van der Waals surface area contributed by atoms with E-state index >= 15 is 0 Å². The standard InChI is InChI=1S/C11H10ClN3O3/c1-7(16)8-2-3-10(11(4-8)15(17)18)14-6-9(12)5-13-14/h2-7,16H,1H3/t7-/m1/s1. The van der Waals surface area contributed by atoms with Crippen molar-refractivity contribution < 1.29 is 10.0 Å². The Balaban J connectivity index is 2.57. The number of nitrogens with zero attached hydrogens (tertiary/aromatic N) is 3. The van der Waals surface area contributed by atoms with Gasteiger partial charge in [0.2, 0.25) is 0 Å². The third-order valence-corrected chi connectivity index (χ3v) is 2.67. The van der Waals surface area contributed by atoms with Gasteiger partial charge in [-0.05, 0) is 18.6 Å². The van der Waals surface area contributed by atoms with Crippen molar-refractivity contribution in [2.45, 2.75) is 13.0 Å². The van der Waals surface area contributed by atoms with Gasteiger partial charge in [0.1, 0.15) is 5.69 Å². The molecule has 1 heterocycles. The highest BCUT2D eigenvalue weighted by Crippen LogP contribution is 2.27. The number of aromatic nitrogens is 2. The molecule has 0 unspecified atom stereocenters. The predicted molar refractivity (Wildman–Crippen MR) is 65.9 cm³/mol. The van der Waals surface area contributed by atoms with Crippen LogP contribution in [0.2, 0.25) is 5.02 Å². The minimum atomic E-state index is -0.765. The quantitative estimate of drug-likeness (QED) is 0.684. The molecular weight excluding hydrogens is 258 g/mol. The average Bonchev–Trinajstić information content (AvgIpc) is 2.74. The van der Waals surface area contributed by atoms with Crippen LogP contribution in [0.3, 0.4) is 0 Å². The van der Waals surface area contributed by atoms with Crippen molar-refractivity contribution >= 4 is 17.3 Å². The summed E-state index contributed by atoms with van der Waals surface area (Å²) in [7, 11) is 0. The molecule has 1 aromatic carbocycles. The van der Waals surface area contributed by atoms with Gasteiger partial charge in [0.05, 0.1) is 22.2 Å². The van der Waals surface area contributed by atoms with Crippen molar-refractivity contribution in [3.63, 3.8) is 0 Å². The maximum atomic E-state index is 11.0. The van der Waals surface area contributed by atoms with E-state index in [1.807, 2.05) is 0 Å². The molecule has 0 bridgehead atoms. The van der Waals surface area contributed by atoms with Crippen molar-refractivity contribution in [3.05, 3.63) is 51.3 Å². The van der Waals surface area contributed by atoms with Gasteiger partial charge in [0.25, 0.3) is 5.69 Å². The summed E-state index contributed by atoms with van der Waals surface area (Å²) < 4.78 is 1.33. The fourth-order valence-corrected chi connectivity index (χ4v) is 1.71. The van der Waals surface area contributed by atoms with E-state index in [9.17, 15) is 15.2 Å². The summed E-state index contributed by atoms with van der Waals surface area (Å²) in [5.41, 5.74) is 0.646. The van der Waals surface area contributed by atoms with Crippen LogP contribution in [-0.4, -0.2) is 19.8 Å². The fourth-order valence-electron chi connectivity index (χ4n) is 1.57. The Hall–Kier alpha value is -1.92. The first-order valence-corrected chi connectivity index (χ1v) is 5.54. The third kappa shape index (κ3) is 2.34. The second-order valence-electron chi connectivity index (χ2n) is 3.78. The lowest BCUT2D eigenvalue weighted by molar-refractivity contribution is -0.384. The Labute approximate surface area is 108 Å². The molecule has 1 atom stereocenters. The lowest BCUT2D eigenvalue weighted by atomic mass is 10.1. The zero-order valence-corrected chi connectivity index (χ0v) is 10.2. The van der Waals surface area contributed by atoms with E-state index in [1.54, 1.807) is 13.0 Å². The Morgan fingerprint density at radius 3 is 2.78 bits per heavy atom. The number of hydrogen-bond donors (Lipinski definition) is 1. The predicted octanol–water partition coefficient (Wildman–Crippen LogP) is 2.49. The van der Waals surface area contributed by atoms with Crippen LogP contribution in [0.4, 0.5) is 5.69 Å². The number of benzene rings is 1. The fraction of sp³-hybridized carbons (Fsp3) is 0.182. The van der Waals surface area contributed by atoms with Crippen molar-refractivity contribution in [3.8, 4) is 5.69 Å². The number of rotatable bonds is 3. The molecule has 0 saturated heterocycles. The van der Waals surface area contributed by atoms with Crippen LogP contribution < -0.4 is 0 Å². The van der Waals surface area contributed by atoms with Crippen LogP contribution in [0.5, 0.6) is 0 Å². The summed E-state index contributed by atoms with van der Waals surface area (Å²) in [6.45, 7) is 1.55. The molecular formula is C11H10ClN3O3. The zero-order valence-electron chi connectivity index (χ0n) is 9.45. The largest absolute Gasteiger partial charge is 0.389 e. The molecule has 0 spiro atoms. The van der Waals surface area contributed by atoms with Crippen molar-refractivity contribution in [1.82, 2.24) is 9.78 Å². The van der Waals surface area contributed by atoms with Crippen LogP contribution in [0, 0.1) is 10.1 Å². The second-order valence-corrected chi connectivity index (χ2v) is 4.22. The minimum absolute atomic E-state index is 0.131. The van der Waals surface area contributed by atoms with E-state index in [4.69, 9.17) is 11.6 Å². The van der Waals surface area contributed by atoms with Crippen LogP contribution in [-0.2, 0) is 0 Å². The number of nitro groups is 1. The van der Waals surface area contributed by atoms with Crippen molar-refractivity contribution in [2.75, 3.05) is 0 Å². The number of hydrogen-bond acceptors (Lipinski definition) is 4. The van der Waals surface area contributed by atoms with E-state index < -0.39 is 11.0 Å². The Morgan fingerprint density at radius 2 is 2.28 bits per heavy atom. The second kappa shape index (κ2) is 4.75. The molecule has 6 nitrogen and oxygen atoms in total. The molecule has 0 saturated carbocycles. The van der Waals surface area contributed by atoms with Gasteiger partial charge < -0.3 is 5.11 Å². The SMILES string of the molecule is C[C@@H](O)c1ccc(-n2cc(Cl)cn2)c([N+](=O)[O-])c1. The molecule has 0 aliphatic heterocycles. The first-order valence-electron chi connectivity index (χ1n) is 5.16. The highest BCUT2D eigenvalue weighted by Gasteiger charge is 2.18. The highest BCUT2D eigenvalue weighted by atomic mass is 35.5. The Bertz CT molecular complexity index is 595. The maximum absolute atomic E-state index is 11.0. The first kappa shape index (κ1) is 12.5. The summed E-state index contributed by atoms with van der Waals surface area (Å²) in [4.78, 5) is 10.5. The summed E-state index contributed by atoms with van der Waals surface area (Å²) in [6, 6.07) is 4.47. The van der Waals surface area contributed by atoms with Crippen LogP contribution >= 0.6 is 11.6 Å².